The molecule has 0 spiro atoms. The van der Waals surface area contributed by atoms with Crippen LogP contribution in [0.1, 0.15) is 92.1 Å². The average Bonchev–Trinajstić information content (AvgIpc) is 2.56. The molecule has 0 aliphatic heterocycles. The third-order valence-electron chi connectivity index (χ3n) is 5.02. The number of nitrogens with one attached hydrogen (secondary N) is 1. The average molecular weight is 329 g/mol. The Hall–Kier alpha value is -1.64. The van der Waals surface area contributed by atoms with E-state index in [0.717, 1.165) is 24.1 Å². The molecule has 1 N–H and O–H groups in total. The van der Waals surface area contributed by atoms with Crippen LogP contribution < -0.4 is 5.43 Å². The van der Waals surface area contributed by atoms with E-state index < -0.39 is 0 Å². The van der Waals surface area contributed by atoms with Gasteiger partial charge in [0, 0.05) is 11.3 Å². The molecule has 24 heavy (non-hydrogen) atoms. The molecule has 3 heteroatoms. The van der Waals surface area contributed by atoms with E-state index in [1.165, 1.54) is 63.4 Å². The smallest absolute Gasteiger partial charge is 0.267 e. The topological polar surface area (TPSA) is 41.5 Å². The van der Waals surface area contributed by atoms with Gasteiger partial charge in [0.25, 0.3) is 5.91 Å². The lowest BCUT2D eigenvalue weighted by Gasteiger charge is -2.10. The van der Waals surface area contributed by atoms with Crippen LogP contribution in [0.2, 0.25) is 0 Å². The van der Waals surface area contributed by atoms with Crippen molar-refractivity contribution < 1.29 is 4.79 Å². The van der Waals surface area contributed by atoms with E-state index in [1.807, 2.05) is 25.1 Å². The van der Waals surface area contributed by atoms with Crippen LogP contribution in [0.3, 0.4) is 0 Å². The Balaban J connectivity index is 1.92. The Kier molecular flexibility index (Phi) is 8.00. The predicted octanol–water partition coefficient (Wildman–Crippen LogP) is 5.69. The Bertz CT molecular complexity index is 549. The van der Waals surface area contributed by atoms with Crippen molar-refractivity contribution in [3.05, 3.63) is 34.9 Å². The highest BCUT2D eigenvalue weighted by Crippen LogP contribution is 2.15. The first-order valence-electron chi connectivity index (χ1n) is 9.60. The number of nitrogens with zero attached hydrogens (tertiary/aromatic N) is 1. The second-order valence-corrected chi connectivity index (χ2v) is 7.10. The third kappa shape index (κ3) is 6.46. The first-order chi connectivity index (χ1) is 11.7. The van der Waals surface area contributed by atoms with Gasteiger partial charge in [-0.15, -0.1) is 0 Å². The molecule has 1 aromatic carbocycles. The number of hydrazone groups is 1. The summed E-state index contributed by atoms with van der Waals surface area (Å²) >= 11 is 0. The summed E-state index contributed by atoms with van der Waals surface area (Å²) in [6.07, 6.45) is 13.8. The number of hydrogen-bond donors (Lipinski definition) is 1. The number of rotatable bonds is 2. The molecule has 132 valence electrons. The van der Waals surface area contributed by atoms with Crippen molar-refractivity contribution in [2.75, 3.05) is 0 Å². The molecule has 0 aromatic heterocycles. The number of benzene rings is 1. The number of hydrogen-bond acceptors (Lipinski definition) is 2. The monoisotopic (exact) mass is 328 g/mol. The number of carbonyl (C=O) groups is 1. The van der Waals surface area contributed by atoms with Crippen LogP contribution in [0, 0.1) is 13.8 Å². The normalized spacial score (nSPS) is 17.5. The molecule has 0 bridgehead atoms. The van der Waals surface area contributed by atoms with Gasteiger partial charge in [-0.05, 0) is 62.8 Å². The van der Waals surface area contributed by atoms with Gasteiger partial charge in [0.05, 0.1) is 0 Å². The Labute approximate surface area is 146 Å². The van der Waals surface area contributed by atoms with Gasteiger partial charge in [0.15, 0.2) is 0 Å². The van der Waals surface area contributed by atoms with Crippen molar-refractivity contribution in [2.45, 2.75) is 84.5 Å². The predicted molar refractivity (Wildman–Crippen MR) is 102 cm³/mol. The Morgan fingerprint density at radius 3 is 1.92 bits per heavy atom. The van der Waals surface area contributed by atoms with Crippen molar-refractivity contribution >= 4 is 11.6 Å². The van der Waals surface area contributed by atoms with Gasteiger partial charge in [-0.1, -0.05) is 51.0 Å². The summed E-state index contributed by atoms with van der Waals surface area (Å²) < 4.78 is 0. The summed E-state index contributed by atoms with van der Waals surface area (Å²) in [7, 11) is 0. The van der Waals surface area contributed by atoms with E-state index in [9.17, 15) is 4.79 Å². The Morgan fingerprint density at radius 2 is 1.38 bits per heavy atom. The summed E-state index contributed by atoms with van der Waals surface area (Å²) in [6, 6.07) is 5.80. The zero-order valence-electron chi connectivity index (χ0n) is 15.4. The maximum atomic E-state index is 12.3. The van der Waals surface area contributed by atoms with E-state index in [0.29, 0.717) is 5.56 Å². The van der Waals surface area contributed by atoms with Gasteiger partial charge in [-0.3, -0.25) is 4.79 Å². The molecule has 2 rings (SSSR count). The van der Waals surface area contributed by atoms with Crippen LogP contribution >= 0.6 is 0 Å². The van der Waals surface area contributed by atoms with E-state index in [1.54, 1.807) is 0 Å². The van der Waals surface area contributed by atoms with E-state index in [2.05, 4.69) is 17.5 Å². The zero-order valence-corrected chi connectivity index (χ0v) is 15.4. The number of aryl methyl sites for hydroxylation is 2. The van der Waals surface area contributed by atoms with Crippen LogP contribution in [0.25, 0.3) is 0 Å². The van der Waals surface area contributed by atoms with Gasteiger partial charge in [0.1, 0.15) is 0 Å². The molecule has 1 aromatic rings. The molecule has 0 saturated heterocycles. The summed E-state index contributed by atoms with van der Waals surface area (Å²) in [4.78, 5) is 12.3. The molecule has 1 amide bonds. The maximum absolute atomic E-state index is 12.3. The lowest BCUT2D eigenvalue weighted by atomic mass is 10.00. The molecule has 1 fully saturated rings. The van der Waals surface area contributed by atoms with Gasteiger partial charge >= 0.3 is 0 Å². The summed E-state index contributed by atoms with van der Waals surface area (Å²) in [5.74, 6) is -0.100. The minimum absolute atomic E-state index is 0.100. The molecule has 1 aliphatic rings. The van der Waals surface area contributed by atoms with E-state index in [4.69, 9.17) is 0 Å². The van der Waals surface area contributed by atoms with Gasteiger partial charge in [-0.25, -0.2) is 5.43 Å². The SMILES string of the molecule is Cc1ccc(C(=O)NN=C2CCCCCCCCCCC2)cc1C. The highest BCUT2D eigenvalue weighted by atomic mass is 16.2. The largest absolute Gasteiger partial charge is 0.271 e. The van der Waals surface area contributed by atoms with Crippen LogP contribution in [0.15, 0.2) is 23.3 Å². The molecule has 0 unspecified atom stereocenters. The molecule has 0 heterocycles. The van der Waals surface area contributed by atoms with Crippen LogP contribution in [-0.2, 0) is 0 Å². The minimum atomic E-state index is -0.100. The zero-order chi connectivity index (χ0) is 17.2. The standard InChI is InChI=1S/C21H32N2O/c1-17-14-15-19(16-18(17)2)21(24)23-22-20-12-10-8-6-4-3-5-7-9-11-13-20/h14-16H,3-13H2,1-2H3,(H,23,24). The fourth-order valence-electron chi connectivity index (χ4n) is 3.21. The lowest BCUT2D eigenvalue weighted by molar-refractivity contribution is 0.0954. The second kappa shape index (κ2) is 10.3. The molecule has 0 radical (unpaired) electrons. The molecular weight excluding hydrogens is 296 g/mol. The van der Waals surface area contributed by atoms with Gasteiger partial charge in [0.2, 0.25) is 0 Å². The Morgan fingerprint density at radius 1 is 0.833 bits per heavy atom. The summed E-state index contributed by atoms with van der Waals surface area (Å²) in [5.41, 5.74) is 6.97. The first-order valence-corrected chi connectivity index (χ1v) is 9.60. The quantitative estimate of drug-likeness (QED) is 0.696. The molecule has 3 nitrogen and oxygen atoms in total. The highest BCUT2D eigenvalue weighted by molar-refractivity contribution is 5.95. The number of amides is 1. The fourth-order valence-corrected chi connectivity index (χ4v) is 3.21. The second-order valence-electron chi connectivity index (χ2n) is 7.10. The van der Waals surface area contributed by atoms with Crippen molar-refractivity contribution in [1.29, 1.82) is 0 Å². The van der Waals surface area contributed by atoms with Crippen LogP contribution in [-0.4, -0.2) is 11.6 Å². The lowest BCUT2D eigenvalue weighted by Crippen LogP contribution is -2.20. The van der Waals surface area contributed by atoms with Crippen LogP contribution in [0.4, 0.5) is 0 Å². The first kappa shape index (κ1) is 18.7. The molecule has 0 atom stereocenters. The van der Waals surface area contributed by atoms with Gasteiger partial charge < -0.3 is 0 Å². The van der Waals surface area contributed by atoms with Gasteiger partial charge in [-0.2, -0.15) is 5.10 Å². The summed E-state index contributed by atoms with van der Waals surface area (Å²) in [6.45, 7) is 4.09. The molecule has 1 aliphatic carbocycles. The van der Waals surface area contributed by atoms with E-state index in [-0.39, 0.29) is 5.91 Å². The fraction of sp³-hybridized carbons (Fsp3) is 0.619. The molecule has 1 saturated carbocycles. The molecular formula is C21H32N2O. The van der Waals surface area contributed by atoms with Crippen molar-refractivity contribution in [3.8, 4) is 0 Å². The summed E-state index contributed by atoms with van der Waals surface area (Å²) in [5, 5.41) is 4.46. The van der Waals surface area contributed by atoms with Crippen LogP contribution in [0.5, 0.6) is 0 Å². The van der Waals surface area contributed by atoms with E-state index >= 15 is 0 Å². The number of carbonyl (C=O) groups excluding carboxylic acids is 1. The third-order valence-corrected chi connectivity index (χ3v) is 5.02. The highest BCUT2D eigenvalue weighted by Gasteiger charge is 2.07. The van der Waals surface area contributed by atoms with Crippen molar-refractivity contribution in [1.82, 2.24) is 5.43 Å². The van der Waals surface area contributed by atoms with Crippen molar-refractivity contribution in [2.24, 2.45) is 5.10 Å². The van der Waals surface area contributed by atoms with Crippen molar-refractivity contribution in [3.63, 3.8) is 0 Å². The minimum Gasteiger partial charge on any atom is -0.267 e. The maximum Gasteiger partial charge on any atom is 0.271 e.